The SMILES string of the molecule is COC(=O)CCCC#Cc1ccccc1NC(=O)C(F)(F)F. The molecular formula is C15H14F3NO3. The van der Waals surface area contributed by atoms with Crippen LogP contribution in [0.15, 0.2) is 24.3 Å². The first kappa shape index (κ1) is 17.6. The highest BCUT2D eigenvalue weighted by molar-refractivity contribution is 5.96. The lowest BCUT2D eigenvalue weighted by molar-refractivity contribution is -0.167. The van der Waals surface area contributed by atoms with Crippen LogP contribution in [-0.4, -0.2) is 25.2 Å². The van der Waals surface area contributed by atoms with Crippen molar-refractivity contribution in [1.82, 2.24) is 0 Å². The second-order valence-corrected chi connectivity index (χ2v) is 4.23. The summed E-state index contributed by atoms with van der Waals surface area (Å²) in [4.78, 5) is 21.8. The number of hydrogen-bond acceptors (Lipinski definition) is 3. The predicted molar refractivity (Wildman–Crippen MR) is 73.9 cm³/mol. The number of benzene rings is 1. The summed E-state index contributed by atoms with van der Waals surface area (Å²) < 4.78 is 41.2. The Bertz CT molecular complexity index is 600. The van der Waals surface area contributed by atoms with Crippen molar-refractivity contribution < 1.29 is 27.5 Å². The quantitative estimate of drug-likeness (QED) is 0.528. The molecule has 1 amide bonds. The smallest absolute Gasteiger partial charge is 0.469 e. The highest BCUT2D eigenvalue weighted by atomic mass is 19.4. The Morgan fingerprint density at radius 3 is 2.59 bits per heavy atom. The zero-order valence-electron chi connectivity index (χ0n) is 11.8. The third-order valence-electron chi connectivity index (χ3n) is 2.57. The van der Waals surface area contributed by atoms with Crippen LogP contribution in [0.3, 0.4) is 0 Å². The van der Waals surface area contributed by atoms with Gasteiger partial charge in [-0.05, 0) is 18.6 Å². The normalized spacial score (nSPS) is 10.4. The third kappa shape index (κ3) is 5.87. The van der Waals surface area contributed by atoms with E-state index in [2.05, 4.69) is 16.6 Å². The molecule has 118 valence electrons. The van der Waals surface area contributed by atoms with Crippen LogP contribution in [0.2, 0.25) is 0 Å². The average molecular weight is 313 g/mol. The Morgan fingerprint density at radius 2 is 1.95 bits per heavy atom. The average Bonchev–Trinajstić information content (AvgIpc) is 2.47. The minimum atomic E-state index is -4.96. The second-order valence-electron chi connectivity index (χ2n) is 4.23. The van der Waals surface area contributed by atoms with E-state index in [1.54, 1.807) is 11.4 Å². The summed E-state index contributed by atoms with van der Waals surface area (Å²) in [6, 6.07) is 5.93. The van der Waals surface area contributed by atoms with Crippen molar-refractivity contribution in [3.8, 4) is 11.8 Å². The van der Waals surface area contributed by atoms with Crippen LogP contribution < -0.4 is 5.32 Å². The fourth-order valence-corrected chi connectivity index (χ4v) is 1.48. The van der Waals surface area contributed by atoms with E-state index in [9.17, 15) is 22.8 Å². The largest absolute Gasteiger partial charge is 0.471 e. The van der Waals surface area contributed by atoms with Crippen molar-refractivity contribution in [2.75, 3.05) is 12.4 Å². The number of alkyl halides is 3. The van der Waals surface area contributed by atoms with Gasteiger partial charge in [-0.2, -0.15) is 13.2 Å². The van der Waals surface area contributed by atoms with E-state index in [0.29, 0.717) is 12.8 Å². The number of carbonyl (C=O) groups is 2. The van der Waals surface area contributed by atoms with Crippen molar-refractivity contribution in [3.05, 3.63) is 29.8 Å². The molecule has 1 rings (SSSR count). The van der Waals surface area contributed by atoms with E-state index in [0.717, 1.165) is 0 Å². The standard InChI is InChI=1S/C15H14F3NO3/c1-22-13(20)10-4-2-3-7-11-8-5-6-9-12(11)19-14(21)15(16,17)18/h5-6,8-9H,2,4,10H2,1H3,(H,19,21). The Hall–Kier alpha value is -2.49. The highest BCUT2D eigenvalue weighted by Crippen LogP contribution is 2.20. The van der Waals surface area contributed by atoms with Gasteiger partial charge in [0, 0.05) is 18.4 Å². The number of methoxy groups -OCH3 is 1. The number of carbonyl (C=O) groups excluding carboxylic acids is 2. The number of hydrogen-bond donors (Lipinski definition) is 1. The van der Waals surface area contributed by atoms with Crippen molar-refractivity contribution in [3.63, 3.8) is 0 Å². The number of unbranched alkanes of at least 4 members (excludes halogenated alkanes) is 1. The molecule has 1 aromatic carbocycles. The number of anilines is 1. The minimum Gasteiger partial charge on any atom is -0.469 e. The molecule has 0 heterocycles. The van der Waals surface area contributed by atoms with E-state index in [1.165, 1.54) is 25.3 Å². The predicted octanol–water partition coefficient (Wildman–Crippen LogP) is 2.88. The Balaban J connectivity index is 2.69. The summed E-state index contributed by atoms with van der Waals surface area (Å²) in [5.41, 5.74) is 0.267. The Kier molecular flexibility index (Phi) is 6.45. The third-order valence-corrected chi connectivity index (χ3v) is 2.57. The Labute approximate surface area is 125 Å². The van der Waals surface area contributed by atoms with E-state index < -0.39 is 12.1 Å². The van der Waals surface area contributed by atoms with Crippen LogP contribution in [0, 0.1) is 11.8 Å². The molecule has 22 heavy (non-hydrogen) atoms. The molecule has 0 aromatic heterocycles. The number of esters is 1. The van der Waals surface area contributed by atoms with Gasteiger partial charge in [0.25, 0.3) is 0 Å². The maximum absolute atomic E-state index is 12.2. The molecule has 1 N–H and O–H groups in total. The molecule has 0 aliphatic rings. The van der Waals surface area contributed by atoms with Gasteiger partial charge in [0.1, 0.15) is 0 Å². The summed E-state index contributed by atoms with van der Waals surface area (Å²) in [6.07, 6.45) is -3.87. The number of amides is 1. The molecule has 0 atom stereocenters. The van der Waals surface area contributed by atoms with Crippen molar-refractivity contribution >= 4 is 17.6 Å². The zero-order chi connectivity index (χ0) is 16.6. The van der Waals surface area contributed by atoms with E-state index in [4.69, 9.17) is 0 Å². The number of halogens is 3. The molecule has 0 aliphatic heterocycles. The topological polar surface area (TPSA) is 55.4 Å². The van der Waals surface area contributed by atoms with Gasteiger partial charge in [-0.3, -0.25) is 9.59 Å². The molecule has 0 fully saturated rings. The molecule has 0 unspecified atom stereocenters. The maximum atomic E-state index is 12.2. The lowest BCUT2D eigenvalue weighted by Gasteiger charge is -2.09. The van der Waals surface area contributed by atoms with Crippen LogP contribution in [0.25, 0.3) is 0 Å². The van der Waals surface area contributed by atoms with Crippen LogP contribution in [0.1, 0.15) is 24.8 Å². The first-order chi connectivity index (χ1) is 10.3. The minimum absolute atomic E-state index is 0.00899. The van der Waals surface area contributed by atoms with E-state index in [1.807, 2.05) is 0 Å². The molecule has 7 heteroatoms. The fraction of sp³-hybridized carbons (Fsp3) is 0.333. The van der Waals surface area contributed by atoms with Gasteiger partial charge in [-0.25, -0.2) is 0 Å². The summed E-state index contributed by atoms with van der Waals surface area (Å²) in [6.45, 7) is 0. The molecule has 0 bridgehead atoms. The van der Waals surface area contributed by atoms with Crippen molar-refractivity contribution in [2.45, 2.75) is 25.4 Å². The molecule has 1 aromatic rings. The molecular weight excluding hydrogens is 299 g/mol. The van der Waals surface area contributed by atoms with Gasteiger partial charge < -0.3 is 10.1 Å². The lowest BCUT2D eigenvalue weighted by atomic mass is 10.1. The first-order valence-corrected chi connectivity index (χ1v) is 6.37. The lowest BCUT2D eigenvalue weighted by Crippen LogP contribution is -2.30. The summed E-state index contributed by atoms with van der Waals surface area (Å²) in [7, 11) is 1.29. The maximum Gasteiger partial charge on any atom is 0.471 e. The summed E-state index contributed by atoms with van der Waals surface area (Å²) >= 11 is 0. The van der Waals surface area contributed by atoms with Crippen molar-refractivity contribution in [1.29, 1.82) is 0 Å². The van der Waals surface area contributed by atoms with Crippen molar-refractivity contribution in [2.24, 2.45) is 0 Å². The molecule has 0 spiro atoms. The van der Waals surface area contributed by atoms with E-state index >= 15 is 0 Å². The number of rotatable bonds is 4. The van der Waals surface area contributed by atoms with Crippen LogP contribution in [0.4, 0.5) is 18.9 Å². The monoisotopic (exact) mass is 313 g/mol. The van der Waals surface area contributed by atoms with Crippen LogP contribution >= 0.6 is 0 Å². The number of para-hydroxylation sites is 1. The number of nitrogens with one attached hydrogen (secondary N) is 1. The number of ether oxygens (including phenoxy) is 1. The molecule has 0 radical (unpaired) electrons. The van der Waals surface area contributed by atoms with Gasteiger partial charge in [0.05, 0.1) is 12.8 Å². The first-order valence-electron chi connectivity index (χ1n) is 6.37. The summed E-state index contributed by atoms with van der Waals surface area (Å²) in [5.74, 6) is 3.02. The van der Waals surface area contributed by atoms with Gasteiger partial charge in [-0.15, -0.1) is 0 Å². The van der Waals surface area contributed by atoms with Gasteiger partial charge in [0.15, 0.2) is 0 Å². The van der Waals surface area contributed by atoms with Gasteiger partial charge in [0.2, 0.25) is 0 Å². The zero-order valence-corrected chi connectivity index (χ0v) is 11.8. The molecule has 0 saturated heterocycles. The highest BCUT2D eigenvalue weighted by Gasteiger charge is 2.38. The molecule has 0 saturated carbocycles. The van der Waals surface area contributed by atoms with Crippen LogP contribution in [-0.2, 0) is 14.3 Å². The van der Waals surface area contributed by atoms with E-state index in [-0.39, 0.29) is 23.6 Å². The van der Waals surface area contributed by atoms with Gasteiger partial charge in [-0.1, -0.05) is 24.0 Å². The molecule has 4 nitrogen and oxygen atoms in total. The van der Waals surface area contributed by atoms with Gasteiger partial charge >= 0.3 is 18.1 Å². The molecule has 0 aliphatic carbocycles. The second kappa shape index (κ2) is 8.08. The van der Waals surface area contributed by atoms with Crippen LogP contribution in [0.5, 0.6) is 0 Å². The fourth-order valence-electron chi connectivity index (χ4n) is 1.48. The summed E-state index contributed by atoms with van der Waals surface area (Å²) in [5, 5.41) is 1.78. The Morgan fingerprint density at radius 1 is 1.27 bits per heavy atom.